The number of thioether (sulfide) groups is 1. The number of anilines is 1. The summed E-state index contributed by atoms with van der Waals surface area (Å²) in [6, 6.07) is 6.46. The van der Waals surface area contributed by atoms with Crippen LogP contribution in [0.5, 0.6) is 0 Å². The summed E-state index contributed by atoms with van der Waals surface area (Å²) >= 11 is 7.84. The van der Waals surface area contributed by atoms with E-state index in [1.807, 2.05) is 25.1 Å². The fraction of sp³-hybridized carbons (Fsp3) is 0.417. The fourth-order valence-electron chi connectivity index (χ4n) is 1.49. The second-order valence-corrected chi connectivity index (χ2v) is 5.31. The Balaban J connectivity index is 2.07. The van der Waals surface area contributed by atoms with E-state index in [1.165, 1.54) is 0 Å². The highest BCUT2D eigenvalue weighted by Gasteiger charge is 2.16. The van der Waals surface area contributed by atoms with Crippen LogP contribution in [0.25, 0.3) is 0 Å². The van der Waals surface area contributed by atoms with E-state index in [0.29, 0.717) is 6.04 Å². The number of hydrogen-bond acceptors (Lipinski definition) is 3. The van der Waals surface area contributed by atoms with Crippen LogP contribution in [-0.2, 0) is 0 Å². The maximum Gasteiger partial charge on any atom is 0.161 e. The molecule has 0 unspecified atom stereocenters. The minimum Gasteiger partial charge on any atom is -0.335 e. The van der Waals surface area contributed by atoms with Gasteiger partial charge in [0.2, 0.25) is 0 Å². The zero-order chi connectivity index (χ0) is 11.5. The average molecular weight is 255 g/mol. The smallest absolute Gasteiger partial charge is 0.161 e. The summed E-state index contributed by atoms with van der Waals surface area (Å²) in [4.78, 5) is 4.58. The van der Waals surface area contributed by atoms with Gasteiger partial charge in [-0.3, -0.25) is 4.99 Å². The fourth-order valence-corrected chi connectivity index (χ4v) is 2.74. The Hall–Kier alpha value is -0.670. The second-order valence-electron chi connectivity index (χ2n) is 3.90. The molecular weight excluding hydrogens is 240 g/mol. The minimum atomic E-state index is 0.466. The van der Waals surface area contributed by atoms with Gasteiger partial charge in [-0.2, -0.15) is 0 Å². The zero-order valence-electron chi connectivity index (χ0n) is 9.46. The van der Waals surface area contributed by atoms with Crippen LogP contribution < -0.4 is 5.32 Å². The molecule has 16 heavy (non-hydrogen) atoms. The molecular formula is C12H15ClN2S. The first kappa shape index (κ1) is 11.8. The van der Waals surface area contributed by atoms with E-state index < -0.39 is 0 Å². The molecule has 1 aromatic rings. The zero-order valence-corrected chi connectivity index (χ0v) is 11.0. The van der Waals surface area contributed by atoms with Crippen molar-refractivity contribution in [2.24, 2.45) is 4.99 Å². The molecule has 0 saturated heterocycles. The van der Waals surface area contributed by atoms with Gasteiger partial charge in [0.1, 0.15) is 0 Å². The van der Waals surface area contributed by atoms with E-state index in [4.69, 9.17) is 11.6 Å². The number of aliphatic imine (C=N–C) groups is 1. The summed E-state index contributed by atoms with van der Waals surface area (Å²) in [6.45, 7) is 4.17. The molecule has 2 nitrogen and oxygen atoms in total. The standard InChI is InChI=1S/C12H15ClN2S/c1-3-9-7-16-12(14-9)15-10-5-4-8(2)11(13)6-10/h4-6,9H,3,7H2,1-2H3,(H,14,15)/t9-/m1/s1. The number of benzene rings is 1. The number of nitrogens with one attached hydrogen (secondary N) is 1. The Morgan fingerprint density at radius 2 is 2.38 bits per heavy atom. The van der Waals surface area contributed by atoms with Gasteiger partial charge in [-0.05, 0) is 31.0 Å². The lowest BCUT2D eigenvalue weighted by Gasteiger charge is -2.06. The van der Waals surface area contributed by atoms with E-state index in [9.17, 15) is 0 Å². The Kier molecular flexibility index (Phi) is 3.77. The summed E-state index contributed by atoms with van der Waals surface area (Å²) in [5.74, 6) is 1.08. The number of aryl methyl sites for hydroxylation is 1. The predicted molar refractivity (Wildman–Crippen MR) is 73.8 cm³/mol. The van der Waals surface area contributed by atoms with Gasteiger partial charge in [0, 0.05) is 16.5 Å². The second kappa shape index (κ2) is 5.11. The number of amidine groups is 1. The van der Waals surface area contributed by atoms with Crippen molar-refractivity contribution in [3.8, 4) is 0 Å². The quantitative estimate of drug-likeness (QED) is 0.865. The number of hydrogen-bond donors (Lipinski definition) is 1. The average Bonchev–Trinajstić information content (AvgIpc) is 2.71. The third-order valence-electron chi connectivity index (χ3n) is 2.61. The van der Waals surface area contributed by atoms with E-state index >= 15 is 0 Å². The Labute approximate surface area is 105 Å². The molecule has 1 atom stereocenters. The highest BCUT2D eigenvalue weighted by atomic mass is 35.5. The molecule has 0 bridgehead atoms. The van der Waals surface area contributed by atoms with Crippen molar-refractivity contribution in [1.29, 1.82) is 0 Å². The molecule has 0 amide bonds. The summed E-state index contributed by atoms with van der Waals surface area (Å²) in [6.07, 6.45) is 1.10. The van der Waals surface area contributed by atoms with Crippen molar-refractivity contribution in [3.05, 3.63) is 28.8 Å². The molecule has 0 fully saturated rings. The third kappa shape index (κ3) is 2.71. The first-order valence-corrected chi connectivity index (χ1v) is 6.79. The van der Waals surface area contributed by atoms with E-state index in [0.717, 1.165) is 33.6 Å². The number of rotatable bonds is 2. The highest BCUT2D eigenvalue weighted by molar-refractivity contribution is 8.14. The Morgan fingerprint density at radius 1 is 1.56 bits per heavy atom. The number of halogens is 1. The van der Waals surface area contributed by atoms with Crippen LogP contribution in [0.4, 0.5) is 5.69 Å². The Bertz CT molecular complexity index is 417. The van der Waals surface area contributed by atoms with Gasteiger partial charge >= 0.3 is 0 Å². The van der Waals surface area contributed by atoms with Crippen LogP contribution in [0.15, 0.2) is 23.2 Å². The molecule has 1 aliphatic heterocycles. The number of nitrogens with zero attached hydrogens (tertiary/aromatic N) is 1. The van der Waals surface area contributed by atoms with Crippen molar-refractivity contribution in [2.75, 3.05) is 11.1 Å². The Morgan fingerprint density at radius 3 is 3.00 bits per heavy atom. The van der Waals surface area contributed by atoms with Gasteiger partial charge in [-0.1, -0.05) is 36.4 Å². The molecule has 0 saturated carbocycles. The van der Waals surface area contributed by atoms with Gasteiger partial charge in [0.05, 0.1) is 6.04 Å². The summed E-state index contributed by atoms with van der Waals surface area (Å²) in [7, 11) is 0. The molecule has 4 heteroatoms. The first-order chi connectivity index (χ1) is 7.69. The van der Waals surface area contributed by atoms with Gasteiger partial charge in [0.25, 0.3) is 0 Å². The lowest BCUT2D eigenvalue weighted by molar-refractivity contribution is 0.738. The minimum absolute atomic E-state index is 0.466. The molecule has 0 aliphatic carbocycles. The van der Waals surface area contributed by atoms with Crippen LogP contribution in [0.2, 0.25) is 5.02 Å². The molecule has 2 rings (SSSR count). The van der Waals surface area contributed by atoms with E-state index in [-0.39, 0.29) is 0 Å². The molecule has 0 radical (unpaired) electrons. The summed E-state index contributed by atoms with van der Waals surface area (Å²) in [5, 5.41) is 5.10. The van der Waals surface area contributed by atoms with E-state index in [1.54, 1.807) is 11.8 Å². The highest BCUT2D eigenvalue weighted by Crippen LogP contribution is 2.24. The largest absolute Gasteiger partial charge is 0.335 e. The lowest BCUT2D eigenvalue weighted by atomic mass is 10.2. The van der Waals surface area contributed by atoms with Crippen LogP contribution in [0, 0.1) is 6.92 Å². The normalized spacial score (nSPS) is 19.7. The summed E-state index contributed by atoms with van der Waals surface area (Å²) in [5.41, 5.74) is 2.11. The molecule has 0 aromatic heterocycles. The molecule has 1 aliphatic rings. The summed E-state index contributed by atoms with van der Waals surface area (Å²) < 4.78 is 0. The van der Waals surface area contributed by atoms with Crippen molar-refractivity contribution < 1.29 is 0 Å². The van der Waals surface area contributed by atoms with Gasteiger partial charge in [0.15, 0.2) is 5.17 Å². The predicted octanol–water partition coefficient (Wildman–Crippen LogP) is 3.94. The van der Waals surface area contributed by atoms with Crippen LogP contribution in [-0.4, -0.2) is 17.0 Å². The molecule has 0 spiro atoms. The molecule has 1 aromatic carbocycles. The van der Waals surface area contributed by atoms with Gasteiger partial charge in [-0.25, -0.2) is 0 Å². The maximum atomic E-state index is 6.07. The van der Waals surface area contributed by atoms with Crippen molar-refractivity contribution >= 4 is 34.2 Å². The van der Waals surface area contributed by atoms with Gasteiger partial charge < -0.3 is 5.32 Å². The van der Waals surface area contributed by atoms with E-state index in [2.05, 4.69) is 17.2 Å². The van der Waals surface area contributed by atoms with Crippen LogP contribution in [0.3, 0.4) is 0 Å². The molecule has 1 N–H and O–H groups in total. The van der Waals surface area contributed by atoms with Crippen molar-refractivity contribution in [2.45, 2.75) is 26.3 Å². The van der Waals surface area contributed by atoms with Crippen LogP contribution in [0.1, 0.15) is 18.9 Å². The van der Waals surface area contributed by atoms with Crippen molar-refractivity contribution in [1.82, 2.24) is 0 Å². The maximum absolute atomic E-state index is 6.07. The van der Waals surface area contributed by atoms with Crippen LogP contribution >= 0.6 is 23.4 Å². The van der Waals surface area contributed by atoms with Crippen molar-refractivity contribution in [3.63, 3.8) is 0 Å². The third-order valence-corrected chi connectivity index (χ3v) is 4.05. The SMILES string of the molecule is CC[C@@H]1CSC(Nc2ccc(C)c(Cl)c2)=N1. The monoisotopic (exact) mass is 254 g/mol. The topological polar surface area (TPSA) is 24.4 Å². The molecule has 1 heterocycles. The molecule has 86 valence electrons. The first-order valence-electron chi connectivity index (χ1n) is 5.43. The van der Waals surface area contributed by atoms with Gasteiger partial charge in [-0.15, -0.1) is 0 Å². The lowest BCUT2D eigenvalue weighted by Crippen LogP contribution is -2.05.